The molecular formula is C22H28N6O2. The highest BCUT2D eigenvalue weighted by atomic mass is 16.2. The Kier molecular flexibility index (Phi) is 3.89. The number of carbonyl (C=O) groups excluding carboxylic acids is 2. The highest BCUT2D eigenvalue weighted by Gasteiger charge is 2.56. The van der Waals surface area contributed by atoms with Gasteiger partial charge in [0.25, 0.3) is 5.91 Å². The first-order chi connectivity index (χ1) is 14.5. The molecular weight excluding hydrogens is 380 g/mol. The van der Waals surface area contributed by atoms with E-state index in [1.165, 1.54) is 0 Å². The zero-order valence-corrected chi connectivity index (χ0v) is 17.3. The van der Waals surface area contributed by atoms with Gasteiger partial charge in [-0.05, 0) is 68.8 Å². The standard InChI is InChI=1S/C22H28N6O2/c1-13(29)26-22-9-14-7-15(10-22)19(16(8-14)11-22)25-20(30)18-12-24-28(17-3-4-17)21(18)27-6-2-5-23-27/h2,5-6,12,14-17,19H,3-4,7-11H2,1H3,(H,25,30)(H,26,29)/t14?,15-,16+,19?,22?. The van der Waals surface area contributed by atoms with E-state index in [1.807, 2.05) is 16.9 Å². The first kappa shape index (κ1) is 18.2. The van der Waals surface area contributed by atoms with E-state index in [1.54, 1.807) is 24.0 Å². The van der Waals surface area contributed by atoms with Crippen LogP contribution in [0.4, 0.5) is 0 Å². The Bertz CT molecular complexity index is 975. The minimum absolute atomic E-state index is 0.0549. The fourth-order valence-corrected chi connectivity index (χ4v) is 6.74. The molecule has 0 radical (unpaired) electrons. The van der Waals surface area contributed by atoms with Gasteiger partial charge in [0.2, 0.25) is 5.91 Å². The Morgan fingerprint density at radius 1 is 1.13 bits per heavy atom. The van der Waals surface area contributed by atoms with Crippen molar-refractivity contribution in [3.8, 4) is 5.82 Å². The van der Waals surface area contributed by atoms with Gasteiger partial charge >= 0.3 is 0 Å². The molecule has 5 fully saturated rings. The third-order valence-electron chi connectivity index (χ3n) is 7.64. The van der Waals surface area contributed by atoms with Crippen LogP contribution in [0, 0.1) is 17.8 Å². The van der Waals surface area contributed by atoms with Gasteiger partial charge in [0.1, 0.15) is 5.56 Å². The first-order valence-electron chi connectivity index (χ1n) is 11.2. The minimum atomic E-state index is -0.0570. The van der Waals surface area contributed by atoms with Crippen LogP contribution in [-0.2, 0) is 4.79 Å². The van der Waals surface area contributed by atoms with Crippen molar-refractivity contribution >= 4 is 11.8 Å². The van der Waals surface area contributed by atoms with Gasteiger partial charge in [-0.2, -0.15) is 10.2 Å². The Morgan fingerprint density at radius 3 is 2.53 bits per heavy atom. The van der Waals surface area contributed by atoms with Crippen molar-refractivity contribution < 1.29 is 9.59 Å². The van der Waals surface area contributed by atoms with E-state index in [9.17, 15) is 9.59 Å². The van der Waals surface area contributed by atoms with Crippen LogP contribution < -0.4 is 10.6 Å². The van der Waals surface area contributed by atoms with Gasteiger partial charge in [0.05, 0.1) is 12.2 Å². The van der Waals surface area contributed by atoms with Crippen molar-refractivity contribution in [1.82, 2.24) is 30.2 Å². The van der Waals surface area contributed by atoms with Gasteiger partial charge in [-0.15, -0.1) is 0 Å². The van der Waals surface area contributed by atoms with Crippen molar-refractivity contribution in [2.75, 3.05) is 0 Å². The second-order valence-corrected chi connectivity index (χ2v) is 9.94. The molecule has 3 unspecified atom stereocenters. The molecule has 2 amide bonds. The summed E-state index contributed by atoms with van der Waals surface area (Å²) in [5.41, 5.74) is 0.539. The van der Waals surface area contributed by atoms with E-state index in [2.05, 4.69) is 20.8 Å². The molecule has 2 N–H and O–H groups in total. The average molecular weight is 409 g/mol. The predicted octanol–water partition coefficient (Wildman–Crippen LogP) is 2.22. The number of hydrogen-bond donors (Lipinski definition) is 2. The fraction of sp³-hybridized carbons (Fsp3) is 0.636. The molecule has 8 heteroatoms. The maximum Gasteiger partial charge on any atom is 0.256 e. The van der Waals surface area contributed by atoms with Gasteiger partial charge in [0.15, 0.2) is 5.82 Å². The molecule has 2 aromatic rings. The van der Waals surface area contributed by atoms with Crippen LogP contribution in [0.3, 0.4) is 0 Å². The van der Waals surface area contributed by atoms with Crippen LogP contribution >= 0.6 is 0 Å². The molecule has 0 aliphatic heterocycles. The zero-order valence-electron chi connectivity index (χ0n) is 17.3. The van der Waals surface area contributed by atoms with Crippen molar-refractivity contribution in [2.24, 2.45) is 17.8 Å². The SMILES string of the molecule is CC(=O)NC12CC3C[C@H](C1)C(NC(=O)c1cnn(C4CC4)c1-n1cccn1)[C@@H](C3)C2. The molecule has 2 aromatic heterocycles. The third kappa shape index (κ3) is 2.87. The quantitative estimate of drug-likeness (QED) is 0.793. The van der Waals surface area contributed by atoms with E-state index in [4.69, 9.17) is 0 Å². The molecule has 2 heterocycles. The van der Waals surface area contributed by atoms with Gasteiger partial charge < -0.3 is 10.6 Å². The molecule has 4 bridgehead atoms. The lowest BCUT2D eigenvalue weighted by Crippen LogP contribution is -2.66. The summed E-state index contributed by atoms with van der Waals surface area (Å²) in [5, 5.41) is 15.5. The number of rotatable bonds is 5. The van der Waals surface area contributed by atoms with Crippen LogP contribution in [0.1, 0.15) is 68.3 Å². The summed E-state index contributed by atoms with van der Waals surface area (Å²) in [6.45, 7) is 1.62. The summed E-state index contributed by atoms with van der Waals surface area (Å²) in [5.74, 6) is 2.29. The van der Waals surface area contributed by atoms with E-state index in [0.29, 0.717) is 29.4 Å². The Balaban J connectivity index is 1.26. The summed E-state index contributed by atoms with van der Waals surface area (Å²) < 4.78 is 3.70. The smallest absolute Gasteiger partial charge is 0.256 e. The van der Waals surface area contributed by atoms with E-state index >= 15 is 0 Å². The fourth-order valence-electron chi connectivity index (χ4n) is 6.74. The number of hydrogen-bond acceptors (Lipinski definition) is 4. The number of amides is 2. The molecule has 5 aliphatic carbocycles. The zero-order chi connectivity index (χ0) is 20.5. The molecule has 5 saturated carbocycles. The second-order valence-electron chi connectivity index (χ2n) is 9.94. The lowest BCUT2D eigenvalue weighted by molar-refractivity contribution is -0.125. The predicted molar refractivity (Wildman–Crippen MR) is 109 cm³/mol. The molecule has 0 saturated heterocycles. The maximum absolute atomic E-state index is 13.4. The summed E-state index contributed by atoms with van der Waals surface area (Å²) in [6, 6.07) is 2.40. The molecule has 30 heavy (non-hydrogen) atoms. The van der Waals surface area contributed by atoms with E-state index in [-0.39, 0.29) is 23.4 Å². The van der Waals surface area contributed by atoms with Crippen LogP contribution in [0.15, 0.2) is 24.7 Å². The number of aromatic nitrogens is 4. The molecule has 8 nitrogen and oxygen atoms in total. The normalized spacial score (nSPS) is 34.2. The van der Waals surface area contributed by atoms with Gasteiger partial charge in [0, 0.05) is 30.9 Å². The highest BCUT2D eigenvalue weighted by Crippen LogP contribution is 2.55. The van der Waals surface area contributed by atoms with E-state index < -0.39 is 0 Å². The topological polar surface area (TPSA) is 93.8 Å². The molecule has 158 valence electrons. The molecule has 7 rings (SSSR count). The highest BCUT2D eigenvalue weighted by molar-refractivity contribution is 5.97. The first-order valence-corrected chi connectivity index (χ1v) is 11.2. The van der Waals surface area contributed by atoms with Gasteiger partial charge in [-0.25, -0.2) is 9.36 Å². The summed E-state index contributed by atoms with van der Waals surface area (Å²) in [6.07, 6.45) is 12.8. The molecule has 0 spiro atoms. The lowest BCUT2D eigenvalue weighted by Gasteiger charge is -2.60. The van der Waals surface area contributed by atoms with E-state index in [0.717, 1.165) is 50.8 Å². The number of nitrogens with one attached hydrogen (secondary N) is 2. The molecule has 5 aliphatic rings. The van der Waals surface area contributed by atoms with Crippen molar-refractivity contribution in [1.29, 1.82) is 0 Å². The second kappa shape index (κ2) is 6.43. The van der Waals surface area contributed by atoms with Crippen molar-refractivity contribution in [3.63, 3.8) is 0 Å². The molecule has 0 aromatic carbocycles. The number of nitrogens with zero attached hydrogens (tertiary/aromatic N) is 4. The monoisotopic (exact) mass is 408 g/mol. The lowest BCUT2D eigenvalue weighted by atomic mass is 9.51. The van der Waals surface area contributed by atoms with Crippen molar-refractivity contribution in [2.45, 2.75) is 69.5 Å². The Labute approximate surface area is 175 Å². The number of carbonyl (C=O) groups is 2. The van der Waals surface area contributed by atoms with Gasteiger partial charge in [-0.3, -0.25) is 9.59 Å². The summed E-state index contributed by atoms with van der Waals surface area (Å²) >= 11 is 0. The average Bonchev–Trinajstić information content (AvgIpc) is 3.21. The molecule has 5 atom stereocenters. The summed E-state index contributed by atoms with van der Waals surface area (Å²) in [7, 11) is 0. The summed E-state index contributed by atoms with van der Waals surface area (Å²) in [4.78, 5) is 25.2. The van der Waals surface area contributed by atoms with Crippen LogP contribution in [0.2, 0.25) is 0 Å². The third-order valence-corrected chi connectivity index (χ3v) is 7.64. The van der Waals surface area contributed by atoms with Crippen LogP contribution in [0.5, 0.6) is 0 Å². The van der Waals surface area contributed by atoms with Crippen LogP contribution in [-0.4, -0.2) is 43.0 Å². The van der Waals surface area contributed by atoms with Crippen molar-refractivity contribution in [3.05, 3.63) is 30.2 Å². The van der Waals surface area contributed by atoms with Crippen LogP contribution in [0.25, 0.3) is 5.82 Å². The minimum Gasteiger partial charge on any atom is -0.351 e. The Morgan fingerprint density at radius 2 is 1.90 bits per heavy atom. The Hall–Kier alpha value is -2.64. The maximum atomic E-state index is 13.4. The largest absolute Gasteiger partial charge is 0.351 e. The van der Waals surface area contributed by atoms with Gasteiger partial charge in [-0.1, -0.05) is 0 Å².